The van der Waals surface area contributed by atoms with Gasteiger partial charge in [-0.25, -0.2) is 0 Å². The van der Waals surface area contributed by atoms with Gasteiger partial charge in [-0.3, -0.25) is 0 Å². The highest BCUT2D eigenvalue weighted by molar-refractivity contribution is 6.54. The van der Waals surface area contributed by atoms with Gasteiger partial charge in [-0.2, -0.15) is 0 Å². The summed E-state index contributed by atoms with van der Waals surface area (Å²) in [5.74, 6) is 0. The molecule has 3 heteroatoms. The number of allylic oxidation sites excluding steroid dienone is 4. The Morgan fingerprint density at radius 2 is 1.60 bits per heavy atom. The van der Waals surface area contributed by atoms with Gasteiger partial charge in [0.25, 0.3) is 0 Å². The van der Waals surface area contributed by atoms with Crippen molar-refractivity contribution in [1.29, 1.82) is 0 Å². The second kappa shape index (κ2) is 7.47. The highest BCUT2D eigenvalue weighted by atomic mass is 16.7. The molecule has 1 aliphatic rings. The van der Waals surface area contributed by atoms with Gasteiger partial charge in [0.1, 0.15) is 0 Å². The number of hydrogen-bond donors (Lipinski definition) is 0. The summed E-state index contributed by atoms with van der Waals surface area (Å²) in [6, 6.07) is 0. The predicted octanol–water partition coefficient (Wildman–Crippen LogP) is 5.09. The molecule has 0 atom stereocenters. The number of unbranched alkanes of at least 4 members (excludes halogenated alkanes) is 4. The maximum absolute atomic E-state index is 6.01. The molecule has 0 aromatic rings. The lowest BCUT2D eigenvalue weighted by Gasteiger charge is -2.32. The third-order valence-corrected chi connectivity index (χ3v) is 4.34. The van der Waals surface area contributed by atoms with Crippen molar-refractivity contribution in [2.45, 2.75) is 84.8 Å². The summed E-state index contributed by atoms with van der Waals surface area (Å²) in [5, 5.41) is 0. The largest absolute Gasteiger partial charge is 0.490 e. The Bertz CT molecular complexity index is 340. The van der Waals surface area contributed by atoms with Gasteiger partial charge in [0.05, 0.1) is 11.2 Å². The molecular weight excluding hydrogens is 247 g/mol. The molecule has 114 valence electrons. The van der Waals surface area contributed by atoms with Crippen molar-refractivity contribution in [2.75, 3.05) is 0 Å². The number of rotatable bonds is 7. The molecule has 1 fully saturated rings. The Morgan fingerprint density at radius 3 is 2.15 bits per heavy atom. The van der Waals surface area contributed by atoms with Crippen LogP contribution in [0.3, 0.4) is 0 Å². The standard InChI is InChI=1S/C17H31BO2/c1-7-8-9-10-11-12-13-14-15(2)18-19-16(3,4)17(5,6)20-18/h12-14H,7-11H2,1-6H3/b13-12+,15-14-. The van der Waals surface area contributed by atoms with E-state index in [1.807, 2.05) is 0 Å². The van der Waals surface area contributed by atoms with E-state index in [-0.39, 0.29) is 18.3 Å². The zero-order chi connectivity index (χ0) is 15.2. The van der Waals surface area contributed by atoms with Crippen molar-refractivity contribution in [3.8, 4) is 0 Å². The van der Waals surface area contributed by atoms with Crippen LogP contribution < -0.4 is 0 Å². The first kappa shape index (κ1) is 17.5. The fourth-order valence-corrected chi connectivity index (χ4v) is 2.11. The molecule has 1 aliphatic heterocycles. The summed E-state index contributed by atoms with van der Waals surface area (Å²) in [6.07, 6.45) is 12.9. The van der Waals surface area contributed by atoms with E-state index in [0.717, 1.165) is 11.9 Å². The van der Waals surface area contributed by atoms with Crippen molar-refractivity contribution in [3.05, 3.63) is 23.7 Å². The van der Waals surface area contributed by atoms with E-state index in [9.17, 15) is 0 Å². The molecule has 0 aromatic carbocycles. The minimum atomic E-state index is -0.253. The van der Waals surface area contributed by atoms with Crippen molar-refractivity contribution >= 4 is 7.12 Å². The van der Waals surface area contributed by atoms with E-state index >= 15 is 0 Å². The average molecular weight is 278 g/mol. The van der Waals surface area contributed by atoms with Crippen LogP contribution >= 0.6 is 0 Å². The fraction of sp³-hybridized carbons (Fsp3) is 0.765. The van der Waals surface area contributed by atoms with Crippen LogP contribution in [0.2, 0.25) is 0 Å². The molecule has 0 spiro atoms. The maximum atomic E-state index is 6.01. The second-order valence-electron chi connectivity index (χ2n) is 6.78. The van der Waals surface area contributed by atoms with Gasteiger partial charge in [-0.05, 0) is 52.9 Å². The lowest BCUT2D eigenvalue weighted by molar-refractivity contribution is 0.00578. The minimum absolute atomic E-state index is 0.218. The molecule has 0 saturated carbocycles. The van der Waals surface area contributed by atoms with Gasteiger partial charge in [-0.1, -0.05) is 44.4 Å². The topological polar surface area (TPSA) is 18.5 Å². The van der Waals surface area contributed by atoms with Crippen molar-refractivity contribution in [2.24, 2.45) is 0 Å². The summed E-state index contributed by atoms with van der Waals surface area (Å²) in [7, 11) is -0.218. The third-order valence-electron chi connectivity index (χ3n) is 4.34. The first-order valence-corrected chi connectivity index (χ1v) is 7.99. The highest BCUT2D eigenvalue weighted by Gasteiger charge is 2.51. The lowest BCUT2D eigenvalue weighted by atomic mass is 9.79. The van der Waals surface area contributed by atoms with Crippen molar-refractivity contribution in [3.63, 3.8) is 0 Å². The van der Waals surface area contributed by atoms with Crippen LogP contribution in [-0.2, 0) is 9.31 Å². The van der Waals surface area contributed by atoms with Crippen molar-refractivity contribution < 1.29 is 9.31 Å². The van der Waals surface area contributed by atoms with Gasteiger partial charge in [0, 0.05) is 0 Å². The first-order valence-electron chi connectivity index (χ1n) is 7.99. The van der Waals surface area contributed by atoms with E-state index < -0.39 is 0 Å². The molecule has 0 N–H and O–H groups in total. The van der Waals surface area contributed by atoms with Crippen LogP contribution in [0.5, 0.6) is 0 Å². The third kappa shape index (κ3) is 4.78. The molecule has 0 radical (unpaired) electrons. The molecule has 0 aromatic heterocycles. The lowest BCUT2D eigenvalue weighted by Crippen LogP contribution is -2.41. The Labute approximate surface area is 125 Å². The van der Waals surface area contributed by atoms with E-state index in [2.05, 4.69) is 59.8 Å². The molecule has 1 saturated heterocycles. The summed E-state index contributed by atoms with van der Waals surface area (Å²) >= 11 is 0. The van der Waals surface area contributed by atoms with Crippen molar-refractivity contribution in [1.82, 2.24) is 0 Å². The summed E-state index contributed by atoms with van der Waals surface area (Å²) in [6.45, 7) is 12.7. The predicted molar refractivity (Wildman–Crippen MR) is 87.7 cm³/mol. The molecule has 0 bridgehead atoms. The molecule has 1 heterocycles. The van der Waals surface area contributed by atoms with Gasteiger partial charge in [0.2, 0.25) is 0 Å². The smallest absolute Gasteiger partial charge is 0.400 e. The first-order chi connectivity index (χ1) is 9.30. The van der Waals surface area contributed by atoms with Crippen LogP contribution in [0.15, 0.2) is 23.7 Å². The van der Waals surface area contributed by atoms with Gasteiger partial charge >= 0.3 is 7.12 Å². The molecule has 0 unspecified atom stereocenters. The Morgan fingerprint density at radius 1 is 1.00 bits per heavy atom. The van der Waals surface area contributed by atoms with Crippen LogP contribution in [0, 0.1) is 0 Å². The zero-order valence-corrected chi connectivity index (χ0v) is 14.2. The normalized spacial score (nSPS) is 21.9. The summed E-state index contributed by atoms with van der Waals surface area (Å²) < 4.78 is 12.0. The second-order valence-corrected chi connectivity index (χ2v) is 6.78. The fourth-order valence-electron chi connectivity index (χ4n) is 2.11. The quantitative estimate of drug-likeness (QED) is 0.367. The van der Waals surface area contributed by atoms with Gasteiger partial charge in [0.15, 0.2) is 0 Å². The average Bonchev–Trinajstić information content (AvgIpc) is 2.57. The van der Waals surface area contributed by atoms with E-state index in [4.69, 9.17) is 9.31 Å². The SMILES string of the molecule is CCCCCC/C=C/C=C(/C)B1OC(C)(C)C(C)(C)O1. The van der Waals surface area contributed by atoms with Crippen LogP contribution in [0.25, 0.3) is 0 Å². The Kier molecular flexibility index (Phi) is 6.54. The highest BCUT2D eigenvalue weighted by Crippen LogP contribution is 2.38. The van der Waals surface area contributed by atoms with Gasteiger partial charge in [-0.15, -0.1) is 0 Å². The number of hydrogen-bond acceptors (Lipinski definition) is 2. The van der Waals surface area contributed by atoms with E-state index in [0.29, 0.717) is 0 Å². The maximum Gasteiger partial charge on any atom is 0.490 e. The van der Waals surface area contributed by atoms with Crippen LogP contribution in [0.4, 0.5) is 0 Å². The van der Waals surface area contributed by atoms with Crippen LogP contribution in [0.1, 0.15) is 73.6 Å². The zero-order valence-electron chi connectivity index (χ0n) is 14.2. The Balaban J connectivity index is 2.41. The molecule has 0 aliphatic carbocycles. The van der Waals surface area contributed by atoms with E-state index in [1.165, 1.54) is 25.7 Å². The molecule has 1 rings (SSSR count). The van der Waals surface area contributed by atoms with Crippen LogP contribution in [-0.4, -0.2) is 18.3 Å². The molecule has 0 amide bonds. The van der Waals surface area contributed by atoms with E-state index in [1.54, 1.807) is 0 Å². The monoisotopic (exact) mass is 278 g/mol. The van der Waals surface area contributed by atoms with Gasteiger partial charge < -0.3 is 9.31 Å². The molecule has 2 nitrogen and oxygen atoms in total. The Hall–Kier alpha value is -0.535. The summed E-state index contributed by atoms with van der Waals surface area (Å²) in [5.41, 5.74) is 0.626. The molecule has 20 heavy (non-hydrogen) atoms. The molecular formula is C17H31BO2. The minimum Gasteiger partial charge on any atom is -0.400 e. The summed E-state index contributed by atoms with van der Waals surface area (Å²) in [4.78, 5) is 0.